The zero-order valence-electron chi connectivity index (χ0n) is 11.8. The van der Waals surface area contributed by atoms with Crippen LogP contribution in [0.2, 0.25) is 0 Å². The molecule has 2 aromatic rings. The normalized spacial score (nSPS) is 10.9. The lowest BCUT2D eigenvalue weighted by molar-refractivity contribution is 0.282. The molecule has 0 aliphatic rings. The maximum absolute atomic E-state index is 5.79. The van der Waals surface area contributed by atoms with E-state index < -0.39 is 0 Å². The molecule has 4 nitrogen and oxygen atoms in total. The predicted molar refractivity (Wildman–Crippen MR) is 75.0 cm³/mol. The minimum absolute atomic E-state index is 0.458. The average molecular weight is 259 g/mol. The number of nitrogens with zero attached hydrogens (tertiary/aromatic N) is 3. The third-order valence-corrected chi connectivity index (χ3v) is 2.91. The lowest BCUT2D eigenvalue weighted by atomic mass is 10.2. The predicted octanol–water partition coefficient (Wildman–Crippen LogP) is 3.08. The highest BCUT2D eigenvalue weighted by atomic mass is 16.5. The van der Waals surface area contributed by atoms with Gasteiger partial charge in [0.05, 0.1) is 0 Å². The van der Waals surface area contributed by atoms with Crippen molar-refractivity contribution in [1.82, 2.24) is 14.8 Å². The minimum atomic E-state index is 0.458. The highest BCUT2D eigenvalue weighted by Crippen LogP contribution is 2.15. The van der Waals surface area contributed by atoms with E-state index in [2.05, 4.69) is 43.0 Å². The zero-order chi connectivity index (χ0) is 13.7. The summed E-state index contributed by atoms with van der Waals surface area (Å²) in [5, 5.41) is 4.23. The molecule has 0 aliphatic carbocycles. The molecule has 0 spiro atoms. The second kappa shape index (κ2) is 6.36. The van der Waals surface area contributed by atoms with Crippen LogP contribution < -0.4 is 4.74 Å². The maximum atomic E-state index is 5.79. The molecule has 102 valence electrons. The van der Waals surface area contributed by atoms with E-state index in [9.17, 15) is 0 Å². The van der Waals surface area contributed by atoms with E-state index in [1.54, 1.807) is 6.33 Å². The van der Waals surface area contributed by atoms with Gasteiger partial charge in [-0.1, -0.05) is 32.9 Å². The first-order valence-electron chi connectivity index (χ1n) is 6.77. The highest BCUT2D eigenvalue weighted by Gasteiger charge is 2.07. The van der Waals surface area contributed by atoms with Gasteiger partial charge >= 0.3 is 0 Å². The topological polar surface area (TPSA) is 39.9 Å². The number of aromatic nitrogens is 3. The monoisotopic (exact) mass is 259 g/mol. The molecule has 0 atom stereocenters. The molecule has 1 aromatic heterocycles. The van der Waals surface area contributed by atoms with Crippen molar-refractivity contribution < 1.29 is 4.74 Å². The Balaban J connectivity index is 2.00. The molecule has 0 saturated heterocycles. The van der Waals surface area contributed by atoms with Crippen molar-refractivity contribution in [2.75, 3.05) is 0 Å². The zero-order valence-corrected chi connectivity index (χ0v) is 11.8. The summed E-state index contributed by atoms with van der Waals surface area (Å²) in [6, 6.07) is 8.17. The second-order valence-corrected chi connectivity index (χ2v) is 5.04. The SMILES string of the molecule is CCc1cccc(OCc2ncnn2CC(C)C)c1. The Morgan fingerprint density at radius 3 is 2.89 bits per heavy atom. The van der Waals surface area contributed by atoms with Crippen LogP contribution in [0, 0.1) is 5.92 Å². The van der Waals surface area contributed by atoms with E-state index in [1.165, 1.54) is 5.56 Å². The third kappa shape index (κ3) is 3.81. The Kier molecular flexibility index (Phi) is 4.55. The van der Waals surface area contributed by atoms with Gasteiger partial charge in [0.15, 0.2) is 5.82 Å². The van der Waals surface area contributed by atoms with Crippen molar-refractivity contribution in [2.24, 2.45) is 5.92 Å². The summed E-state index contributed by atoms with van der Waals surface area (Å²) in [6.07, 6.45) is 2.60. The molecular weight excluding hydrogens is 238 g/mol. The molecule has 0 unspecified atom stereocenters. The lowest BCUT2D eigenvalue weighted by Crippen LogP contribution is -2.12. The molecule has 0 saturated carbocycles. The van der Waals surface area contributed by atoms with E-state index in [-0.39, 0.29) is 0 Å². The van der Waals surface area contributed by atoms with Gasteiger partial charge in [-0.05, 0) is 30.0 Å². The molecule has 4 heteroatoms. The number of aryl methyl sites for hydroxylation is 1. The molecule has 0 bridgehead atoms. The fraction of sp³-hybridized carbons (Fsp3) is 0.467. The molecule has 1 heterocycles. The first-order chi connectivity index (χ1) is 9.19. The van der Waals surface area contributed by atoms with Crippen molar-refractivity contribution in [3.05, 3.63) is 42.0 Å². The van der Waals surface area contributed by atoms with Crippen LogP contribution in [-0.4, -0.2) is 14.8 Å². The summed E-state index contributed by atoms with van der Waals surface area (Å²) in [7, 11) is 0. The van der Waals surface area contributed by atoms with Gasteiger partial charge in [0.2, 0.25) is 0 Å². The maximum Gasteiger partial charge on any atom is 0.164 e. The lowest BCUT2D eigenvalue weighted by Gasteiger charge is -2.10. The smallest absolute Gasteiger partial charge is 0.164 e. The quantitative estimate of drug-likeness (QED) is 0.800. The fourth-order valence-corrected chi connectivity index (χ4v) is 1.90. The van der Waals surface area contributed by atoms with E-state index in [1.807, 2.05) is 16.8 Å². The van der Waals surface area contributed by atoms with E-state index in [0.717, 1.165) is 24.5 Å². The van der Waals surface area contributed by atoms with Crippen LogP contribution in [-0.2, 0) is 19.6 Å². The largest absolute Gasteiger partial charge is 0.486 e. The molecule has 0 radical (unpaired) electrons. The summed E-state index contributed by atoms with van der Waals surface area (Å²) in [5.41, 5.74) is 1.28. The Labute approximate surface area is 114 Å². The van der Waals surface area contributed by atoms with Crippen molar-refractivity contribution in [2.45, 2.75) is 40.3 Å². The molecule has 0 amide bonds. The Bertz CT molecular complexity index is 520. The van der Waals surface area contributed by atoms with Gasteiger partial charge in [-0.3, -0.25) is 0 Å². The Hall–Kier alpha value is -1.84. The molecule has 0 aliphatic heterocycles. The van der Waals surface area contributed by atoms with Gasteiger partial charge in [0.25, 0.3) is 0 Å². The third-order valence-electron chi connectivity index (χ3n) is 2.91. The van der Waals surface area contributed by atoms with Crippen LogP contribution >= 0.6 is 0 Å². The Morgan fingerprint density at radius 2 is 2.16 bits per heavy atom. The number of benzene rings is 1. The van der Waals surface area contributed by atoms with Crippen molar-refractivity contribution >= 4 is 0 Å². The minimum Gasteiger partial charge on any atom is -0.486 e. The highest BCUT2D eigenvalue weighted by molar-refractivity contribution is 5.28. The first kappa shape index (κ1) is 13.6. The van der Waals surface area contributed by atoms with Crippen molar-refractivity contribution in [3.63, 3.8) is 0 Å². The van der Waals surface area contributed by atoms with Crippen LogP contribution in [0.5, 0.6) is 5.75 Å². The fourth-order valence-electron chi connectivity index (χ4n) is 1.90. The summed E-state index contributed by atoms with van der Waals surface area (Å²) in [5.74, 6) is 2.30. The molecule has 1 aromatic carbocycles. The standard InChI is InChI=1S/C15H21N3O/c1-4-13-6-5-7-14(8-13)19-10-15-16-11-17-18(15)9-12(2)3/h5-8,11-12H,4,9-10H2,1-3H3. The van der Waals surface area contributed by atoms with E-state index in [4.69, 9.17) is 4.74 Å². The molecule has 0 fully saturated rings. The number of ether oxygens (including phenoxy) is 1. The molecule has 2 rings (SSSR count). The van der Waals surface area contributed by atoms with E-state index >= 15 is 0 Å². The van der Waals surface area contributed by atoms with Gasteiger partial charge in [-0.25, -0.2) is 9.67 Å². The van der Waals surface area contributed by atoms with Gasteiger partial charge in [0.1, 0.15) is 18.7 Å². The summed E-state index contributed by atoms with van der Waals surface area (Å²) in [4.78, 5) is 4.25. The van der Waals surface area contributed by atoms with Gasteiger partial charge in [0, 0.05) is 6.54 Å². The average Bonchev–Trinajstić information content (AvgIpc) is 2.83. The number of hydrogen-bond donors (Lipinski definition) is 0. The second-order valence-electron chi connectivity index (χ2n) is 5.04. The van der Waals surface area contributed by atoms with Gasteiger partial charge in [-0.2, -0.15) is 5.10 Å². The summed E-state index contributed by atoms with van der Waals surface area (Å²) < 4.78 is 7.70. The van der Waals surface area contributed by atoms with Crippen LogP contribution in [0.3, 0.4) is 0 Å². The van der Waals surface area contributed by atoms with Crippen molar-refractivity contribution in [3.8, 4) is 5.75 Å². The molecule has 19 heavy (non-hydrogen) atoms. The van der Waals surface area contributed by atoms with Crippen LogP contribution in [0.4, 0.5) is 0 Å². The number of hydrogen-bond acceptors (Lipinski definition) is 3. The van der Waals surface area contributed by atoms with E-state index in [0.29, 0.717) is 12.5 Å². The van der Waals surface area contributed by atoms with Crippen LogP contribution in [0.25, 0.3) is 0 Å². The van der Waals surface area contributed by atoms with Gasteiger partial charge in [-0.15, -0.1) is 0 Å². The van der Waals surface area contributed by atoms with Crippen LogP contribution in [0.1, 0.15) is 32.2 Å². The van der Waals surface area contributed by atoms with Gasteiger partial charge < -0.3 is 4.74 Å². The van der Waals surface area contributed by atoms with Crippen molar-refractivity contribution in [1.29, 1.82) is 0 Å². The summed E-state index contributed by atoms with van der Waals surface area (Å²) in [6.45, 7) is 7.79. The number of rotatable bonds is 6. The Morgan fingerprint density at radius 1 is 1.32 bits per heavy atom. The molecular formula is C15H21N3O. The first-order valence-corrected chi connectivity index (χ1v) is 6.77. The molecule has 0 N–H and O–H groups in total. The summed E-state index contributed by atoms with van der Waals surface area (Å²) >= 11 is 0. The van der Waals surface area contributed by atoms with Crippen LogP contribution in [0.15, 0.2) is 30.6 Å².